The molecule has 0 fully saturated rings. The van der Waals surface area contributed by atoms with E-state index in [1.165, 1.54) is 0 Å². The van der Waals surface area contributed by atoms with Gasteiger partial charge in [-0.05, 0) is 5.56 Å². The molecule has 0 saturated carbocycles. The monoisotopic (exact) mass is 242 g/mol. The lowest BCUT2D eigenvalue weighted by Gasteiger charge is -2.16. The van der Waals surface area contributed by atoms with Gasteiger partial charge < -0.3 is 10.2 Å². The standard InChI is InChI=1S/C11H11ClO4/c12-10(7-4-2-1-3-5-7)8(11(15)16)6-9(13)14/h1-5,8,10H,6H2,(H,13,14)(H,15,16). The molecule has 5 heteroatoms. The van der Waals surface area contributed by atoms with E-state index in [1.54, 1.807) is 30.3 Å². The third-order valence-corrected chi connectivity index (χ3v) is 2.74. The molecule has 16 heavy (non-hydrogen) atoms. The van der Waals surface area contributed by atoms with Gasteiger partial charge in [-0.15, -0.1) is 11.6 Å². The summed E-state index contributed by atoms with van der Waals surface area (Å²) in [5.74, 6) is -3.50. The maximum Gasteiger partial charge on any atom is 0.308 e. The molecule has 2 N–H and O–H groups in total. The molecule has 0 aliphatic carbocycles. The number of benzene rings is 1. The average molecular weight is 243 g/mol. The van der Waals surface area contributed by atoms with Gasteiger partial charge in [0.25, 0.3) is 0 Å². The summed E-state index contributed by atoms with van der Waals surface area (Å²) in [4.78, 5) is 21.4. The second kappa shape index (κ2) is 5.51. The summed E-state index contributed by atoms with van der Waals surface area (Å²) in [5, 5.41) is 16.7. The maximum absolute atomic E-state index is 10.9. The van der Waals surface area contributed by atoms with Gasteiger partial charge in [0.05, 0.1) is 17.7 Å². The Morgan fingerprint density at radius 1 is 1.19 bits per heavy atom. The second-order valence-corrected chi connectivity index (χ2v) is 3.83. The predicted octanol–water partition coefficient (Wildman–Crippen LogP) is 2.14. The van der Waals surface area contributed by atoms with Gasteiger partial charge >= 0.3 is 11.9 Å². The van der Waals surface area contributed by atoms with Crippen LogP contribution in [0.5, 0.6) is 0 Å². The fourth-order valence-electron chi connectivity index (χ4n) is 1.37. The van der Waals surface area contributed by atoms with Crippen LogP contribution in [-0.4, -0.2) is 22.2 Å². The molecule has 0 saturated heterocycles. The van der Waals surface area contributed by atoms with Gasteiger partial charge in [0.15, 0.2) is 0 Å². The number of halogens is 1. The number of alkyl halides is 1. The molecule has 2 atom stereocenters. The van der Waals surface area contributed by atoms with Crippen molar-refractivity contribution in [1.82, 2.24) is 0 Å². The smallest absolute Gasteiger partial charge is 0.308 e. The normalized spacial score (nSPS) is 14.1. The van der Waals surface area contributed by atoms with Gasteiger partial charge in [-0.1, -0.05) is 30.3 Å². The number of aliphatic carboxylic acids is 2. The van der Waals surface area contributed by atoms with E-state index in [-0.39, 0.29) is 0 Å². The lowest BCUT2D eigenvalue weighted by Crippen LogP contribution is -2.22. The van der Waals surface area contributed by atoms with Crippen molar-refractivity contribution >= 4 is 23.5 Å². The highest BCUT2D eigenvalue weighted by atomic mass is 35.5. The van der Waals surface area contributed by atoms with Gasteiger partial charge in [0.2, 0.25) is 0 Å². The van der Waals surface area contributed by atoms with Crippen molar-refractivity contribution < 1.29 is 19.8 Å². The molecule has 1 aromatic carbocycles. The van der Waals surface area contributed by atoms with Crippen molar-refractivity contribution in [2.24, 2.45) is 5.92 Å². The Bertz CT molecular complexity index is 377. The molecule has 1 rings (SSSR count). The number of rotatable bonds is 5. The minimum Gasteiger partial charge on any atom is -0.481 e. The fourth-order valence-corrected chi connectivity index (χ4v) is 1.72. The van der Waals surface area contributed by atoms with Gasteiger partial charge in [-0.25, -0.2) is 0 Å². The zero-order valence-corrected chi connectivity index (χ0v) is 9.09. The fraction of sp³-hybridized carbons (Fsp3) is 0.273. The van der Waals surface area contributed by atoms with Crippen molar-refractivity contribution in [3.8, 4) is 0 Å². The molecule has 1 aromatic rings. The molecule has 0 heterocycles. The van der Waals surface area contributed by atoms with Crippen LogP contribution in [0.15, 0.2) is 30.3 Å². The Kier molecular flexibility index (Phi) is 4.31. The maximum atomic E-state index is 10.9. The first-order chi connectivity index (χ1) is 7.52. The van der Waals surface area contributed by atoms with Crippen LogP contribution in [0.25, 0.3) is 0 Å². The zero-order chi connectivity index (χ0) is 12.1. The Labute approximate surface area is 97.5 Å². The van der Waals surface area contributed by atoms with Crippen LogP contribution < -0.4 is 0 Å². The van der Waals surface area contributed by atoms with Crippen LogP contribution in [0.3, 0.4) is 0 Å². The zero-order valence-electron chi connectivity index (χ0n) is 8.34. The minimum absolute atomic E-state index is 0.488. The summed E-state index contributed by atoms with van der Waals surface area (Å²) >= 11 is 5.97. The van der Waals surface area contributed by atoms with Crippen molar-refractivity contribution in [2.45, 2.75) is 11.8 Å². The van der Waals surface area contributed by atoms with Gasteiger partial charge in [0.1, 0.15) is 0 Å². The molecular formula is C11H11ClO4. The van der Waals surface area contributed by atoms with Gasteiger partial charge in [0, 0.05) is 0 Å². The molecular weight excluding hydrogens is 232 g/mol. The minimum atomic E-state index is -1.20. The van der Waals surface area contributed by atoms with E-state index >= 15 is 0 Å². The third kappa shape index (κ3) is 3.24. The second-order valence-electron chi connectivity index (χ2n) is 3.36. The van der Waals surface area contributed by atoms with Gasteiger partial charge in [-0.2, -0.15) is 0 Å². The summed E-state index contributed by atoms with van der Waals surface area (Å²) in [7, 11) is 0. The highest BCUT2D eigenvalue weighted by molar-refractivity contribution is 6.22. The van der Waals surface area contributed by atoms with E-state index in [4.69, 9.17) is 21.8 Å². The summed E-state index contributed by atoms with van der Waals surface area (Å²) in [5.41, 5.74) is 0.609. The van der Waals surface area contributed by atoms with E-state index < -0.39 is 29.7 Å². The number of carbonyl (C=O) groups is 2. The average Bonchev–Trinajstić information content (AvgIpc) is 2.25. The van der Waals surface area contributed by atoms with Crippen molar-refractivity contribution in [2.75, 3.05) is 0 Å². The molecule has 0 radical (unpaired) electrons. The Morgan fingerprint density at radius 3 is 2.19 bits per heavy atom. The first kappa shape index (κ1) is 12.5. The Morgan fingerprint density at radius 2 is 1.75 bits per heavy atom. The number of carboxylic acids is 2. The van der Waals surface area contributed by atoms with E-state index in [0.29, 0.717) is 5.56 Å². The number of carboxylic acid groups (broad SMARTS) is 2. The van der Waals surface area contributed by atoms with Crippen molar-refractivity contribution in [3.63, 3.8) is 0 Å². The van der Waals surface area contributed by atoms with E-state index in [1.807, 2.05) is 0 Å². The molecule has 0 amide bonds. The molecule has 2 unspecified atom stereocenters. The quantitative estimate of drug-likeness (QED) is 0.776. The molecule has 0 aliphatic rings. The van der Waals surface area contributed by atoms with E-state index in [0.717, 1.165) is 0 Å². The largest absolute Gasteiger partial charge is 0.481 e. The molecule has 4 nitrogen and oxygen atoms in total. The summed E-state index contributed by atoms with van der Waals surface area (Å²) in [6.45, 7) is 0. The summed E-state index contributed by atoms with van der Waals surface area (Å²) in [6, 6.07) is 8.58. The Balaban J connectivity index is 2.87. The van der Waals surface area contributed by atoms with Crippen LogP contribution >= 0.6 is 11.6 Å². The van der Waals surface area contributed by atoms with Crippen LogP contribution in [-0.2, 0) is 9.59 Å². The Hall–Kier alpha value is -1.55. The van der Waals surface area contributed by atoms with Crippen LogP contribution in [0.1, 0.15) is 17.4 Å². The molecule has 0 aliphatic heterocycles. The summed E-state index contributed by atoms with van der Waals surface area (Å²) < 4.78 is 0. The first-order valence-corrected chi connectivity index (χ1v) is 5.09. The molecule has 86 valence electrons. The molecule has 0 bridgehead atoms. The van der Waals surface area contributed by atoms with Gasteiger partial charge in [-0.3, -0.25) is 9.59 Å². The third-order valence-electron chi connectivity index (χ3n) is 2.18. The molecule has 0 spiro atoms. The molecule has 0 aromatic heterocycles. The SMILES string of the molecule is O=C(O)CC(C(=O)O)C(Cl)c1ccccc1. The van der Waals surface area contributed by atoms with Crippen LogP contribution in [0, 0.1) is 5.92 Å². The predicted molar refractivity (Wildman–Crippen MR) is 58.4 cm³/mol. The number of hydrogen-bond donors (Lipinski definition) is 2. The topological polar surface area (TPSA) is 74.6 Å². The summed E-state index contributed by atoms with van der Waals surface area (Å²) in [6.07, 6.45) is -0.488. The van der Waals surface area contributed by atoms with E-state index in [9.17, 15) is 9.59 Å². The lowest BCUT2D eigenvalue weighted by atomic mass is 9.96. The lowest BCUT2D eigenvalue weighted by molar-refractivity contribution is -0.148. The first-order valence-electron chi connectivity index (χ1n) is 4.66. The van der Waals surface area contributed by atoms with Crippen molar-refractivity contribution in [1.29, 1.82) is 0 Å². The van der Waals surface area contributed by atoms with Crippen LogP contribution in [0.4, 0.5) is 0 Å². The van der Waals surface area contributed by atoms with E-state index in [2.05, 4.69) is 0 Å². The van der Waals surface area contributed by atoms with Crippen LogP contribution in [0.2, 0.25) is 0 Å². The van der Waals surface area contributed by atoms with Crippen molar-refractivity contribution in [3.05, 3.63) is 35.9 Å². The highest BCUT2D eigenvalue weighted by Gasteiger charge is 2.29. The highest BCUT2D eigenvalue weighted by Crippen LogP contribution is 2.31. The number of hydrogen-bond acceptors (Lipinski definition) is 2.